The van der Waals surface area contributed by atoms with E-state index in [1.54, 1.807) is 21.3 Å². The molecule has 2 aromatic carbocycles. The van der Waals surface area contributed by atoms with Crippen LogP contribution in [0.1, 0.15) is 16.8 Å². The minimum absolute atomic E-state index is 0.191. The molecular weight excluding hydrogens is 497 g/mol. The fourth-order valence-electron chi connectivity index (χ4n) is 2.94. The lowest BCUT2D eigenvalue weighted by molar-refractivity contribution is 0.274. The SMILES string of the molecule is COc1ccc(CN(Cc2ccc(OC)cc2)c2nc(CO)c(I)c(OC)n2)cc1. The quantitative estimate of drug-likeness (QED) is 0.430. The highest BCUT2D eigenvalue weighted by molar-refractivity contribution is 14.1. The molecule has 0 amide bonds. The van der Waals surface area contributed by atoms with Crippen LogP contribution in [-0.4, -0.2) is 36.4 Å². The molecule has 0 spiro atoms. The molecule has 30 heavy (non-hydrogen) atoms. The van der Waals surface area contributed by atoms with Crippen LogP contribution >= 0.6 is 22.6 Å². The summed E-state index contributed by atoms with van der Waals surface area (Å²) in [6, 6.07) is 15.7. The van der Waals surface area contributed by atoms with Crippen LogP contribution in [0.2, 0.25) is 0 Å². The molecule has 1 aromatic heterocycles. The molecule has 0 atom stereocenters. The smallest absolute Gasteiger partial charge is 0.232 e. The molecule has 158 valence electrons. The van der Waals surface area contributed by atoms with Crippen molar-refractivity contribution in [2.45, 2.75) is 19.7 Å². The van der Waals surface area contributed by atoms with E-state index in [2.05, 4.69) is 32.6 Å². The Bertz CT molecular complexity index is 891. The van der Waals surface area contributed by atoms with Crippen molar-refractivity contribution in [2.75, 3.05) is 26.2 Å². The number of hydrogen-bond donors (Lipinski definition) is 1. The van der Waals surface area contributed by atoms with Gasteiger partial charge in [-0.3, -0.25) is 0 Å². The third-order valence-electron chi connectivity index (χ3n) is 4.57. The maximum atomic E-state index is 9.74. The van der Waals surface area contributed by atoms with E-state index in [-0.39, 0.29) is 6.61 Å². The zero-order valence-electron chi connectivity index (χ0n) is 17.1. The summed E-state index contributed by atoms with van der Waals surface area (Å²) in [5.74, 6) is 2.53. The molecule has 0 aliphatic heterocycles. The largest absolute Gasteiger partial charge is 0.497 e. The number of methoxy groups -OCH3 is 3. The highest BCUT2D eigenvalue weighted by Crippen LogP contribution is 2.27. The van der Waals surface area contributed by atoms with Gasteiger partial charge in [0, 0.05) is 13.1 Å². The zero-order chi connectivity index (χ0) is 21.5. The number of aliphatic hydroxyl groups is 1. The van der Waals surface area contributed by atoms with Crippen molar-refractivity contribution in [2.24, 2.45) is 0 Å². The summed E-state index contributed by atoms with van der Waals surface area (Å²) in [7, 11) is 4.85. The van der Waals surface area contributed by atoms with E-state index in [1.165, 1.54) is 0 Å². The number of halogens is 1. The summed E-state index contributed by atoms with van der Waals surface area (Å²) in [4.78, 5) is 11.2. The van der Waals surface area contributed by atoms with Gasteiger partial charge in [0.15, 0.2) is 0 Å². The molecule has 0 radical (unpaired) electrons. The molecular formula is C22H24IN3O4. The van der Waals surface area contributed by atoms with Crippen molar-refractivity contribution in [3.05, 3.63) is 68.9 Å². The van der Waals surface area contributed by atoms with E-state index in [0.29, 0.717) is 34.2 Å². The van der Waals surface area contributed by atoms with Gasteiger partial charge in [0.2, 0.25) is 11.8 Å². The monoisotopic (exact) mass is 521 g/mol. The van der Waals surface area contributed by atoms with Gasteiger partial charge in [-0.1, -0.05) is 24.3 Å². The number of benzene rings is 2. The van der Waals surface area contributed by atoms with Gasteiger partial charge in [-0.15, -0.1) is 0 Å². The van der Waals surface area contributed by atoms with Crippen molar-refractivity contribution in [3.8, 4) is 17.4 Å². The van der Waals surface area contributed by atoms with Gasteiger partial charge in [0.05, 0.1) is 37.2 Å². The maximum absolute atomic E-state index is 9.74. The van der Waals surface area contributed by atoms with Gasteiger partial charge in [-0.25, -0.2) is 4.98 Å². The number of rotatable bonds is 9. The molecule has 3 aromatic rings. The predicted molar refractivity (Wildman–Crippen MR) is 123 cm³/mol. The zero-order valence-corrected chi connectivity index (χ0v) is 19.3. The predicted octanol–water partition coefficient (Wildman–Crippen LogP) is 3.81. The van der Waals surface area contributed by atoms with E-state index in [9.17, 15) is 5.11 Å². The molecule has 8 heteroatoms. The van der Waals surface area contributed by atoms with Crippen LogP contribution in [0.4, 0.5) is 5.95 Å². The van der Waals surface area contributed by atoms with E-state index in [4.69, 9.17) is 14.2 Å². The summed E-state index contributed by atoms with van der Waals surface area (Å²) in [6.07, 6.45) is 0. The van der Waals surface area contributed by atoms with Crippen LogP contribution in [0.3, 0.4) is 0 Å². The van der Waals surface area contributed by atoms with Crippen LogP contribution in [0.15, 0.2) is 48.5 Å². The van der Waals surface area contributed by atoms with E-state index in [1.807, 2.05) is 53.4 Å². The summed E-state index contributed by atoms with van der Waals surface area (Å²) < 4.78 is 16.6. The average molecular weight is 521 g/mol. The summed E-state index contributed by atoms with van der Waals surface area (Å²) in [5, 5.41) is 9.74. The van der Waals surface area contributed by atoms with Gasteiger partial charge in [-0.2, -0.15) is 4.98 Å². The van der Waals surface area contributed by atoms with Crippen molar-refractivity contribution >= 4 is 28.5 Å². The number of nitrogens with zero attached hydrogens (tertiary/aromatic N) is 3. The first-order valence-corrected chi connectivity index (χ1v) is 10.4. The van der Waals surface area contributed by atoms with E-state index >= 15 is 0 Å². The lowest BCUT2D eigenvalue weighted by Gasteiger charge is -2.24. The van der Waals surface area contributed by atoms with Crippen LogP contribution in [0.5, 0.6) is 17.4 Å². The van der Waals surface area contributed by atoms with Crippen LogP contribution in [-0.2, 0) is 19.7 Å². The lowest BCUT2D eigenvalue weighted by Crippen LogP contribution is -2.25. The summed E-state index contributed by atoms with van der Waals surface area (Å²) in [5.41, 5.74) is 2.69. The second-order valence-corrected chi connectivity index (χ2v) is 7.58. The first kappa shape index (κ1) is 22.1. The Morgan fingerprint density at radius 1 is 0.800 bits per heavy atom. The maximum Gasteiger partial charge on any atom is 0.232 e. The van der Waals surface area contributed by atoms with Crippen molar-refractivity contribution in [3.63, 3.8) is 0 Å². The second kappa shape index (κ2) is 10.4. The first-order valence-electron chi connectivity index (χ1n) is 9.30. The molecule has 0 saturated carbocycles. The Morgan fingerprint density at radius 2 is 1.30 bits per heavy atom. The lowest BCUT2D eigenvalue weighted by atomic mass is 10.1. The van der Waals surface area contributed by atoms with E-state index < -0.39 is 0 Å². The molecule has 3 rings (SSSR count). The minimum Gasteiger partial charge on any atom is -0.497 e. The molecule has 0 fully saturated rings. The normalized spacial score (nSPS) is 10.6. The third-order valence-corrected chi connectivity index (χ3v) is 5.65. The van der Waals surface area contributed by atoms with Gasteiger partial charge in [0.25, 0.3) is 0 Å². The van der Waals surface area contributed by atoms with Crippen LogP contribution in [0, 0.1) is 3.57 Å². The van der Waals surface area contributed by atoms with Gasteiger partial charge in [0.1, 0.15) is 11.5 Å². The fourth-order valence-corrected chi connectivity index (χ4v) is 3.57. The van der Waals surface area contributed by atoms with Gasteiger partial charge < -0.3 is 24.2 Å². The highest BCUT2D eigenvalue weighted by Gasteiger charge is 2.18. The molecule has 7 nitrogen and oxygen atoms in total. The third kappa shape index (κ3) is 5.31. The number of aromatic nitrogens is 2. The van der Waals surface area contributed by atoms with Crippen LogP contribution in [0.25, 0.3) is 0 Å². The van der Waals surface area contributed by atoms with Crippen molar-refractivity contribution < 1.29 is 19.3 Å². The number of hydrogen-bond acceptors (Lipinski definition) is 7. The Kier molecular flexibility index (Phi) is 7.69. The molecule has 1 N–H and O–H groups in total. The van der Waals surface area contributed by atoms with Crippen LogP contribution < -0.4 is 19.1 Å². The molecule has 0 bridgehead atoms. The fraction of sp³-hybridized carbons (Fsp3) is 0.273. The number of anilines is 1. The topological polar surface area (TPSA) is 76.9 Å². The Labute approximate surface area is 189 Å². The standard InChI is InChI=1S/C22H24IN3O4/c1-28-17-8-4-15(5-9-17)12-26(13-16-6-10-18(29-2)11-7-16)22-24-19(14-27)20(23)21(25-22)30-3/h4-11,27H,12-14H2,1-3H3. The Morgan fingerprint density at radius 3 is 1.70 bits per heavy atom. The summed E-state index contributed by atoms with van der Waals surface area (Å²) >= 11 is 2.09. The molecule has 0 saturated heterocycles. The average Bonchev–Trinajstić information content (AvgIpc) is 2.79. The van der Waals surface area contributed by atoms with Gasteiger partial charge >= 0.3 is 0 Å². The Balaban J connectivity index is 1.97. The van der Waals surface area contributed by atoms with Crippen molar-refractivity contribution in [1.29, 1.82) is 0 Å². The highest BCUT2D eigenvalue weighted by atomic mass is 127. The van der Waals surface area contributed by atoms with Crippen molar-refractivity contribution in [1.82, 2.24) is 9.97 Å². The number of ether oxygens (including phenoxy) is 3. The molecule has 0 aliphatic rings. The summed E-state index contributed by atoms with van der Waals surface area (Å²) in [6.45, 7) is 0.957. The number of aliphatic hydroxyl groups excluding tert-OH is 1. The molecule has 0 unspecified atom stereocenters. The second-order valence-electron chi connectivity index (χ2n) is 6.50. The van der Waals surface area contributed by atoms with E-state index in [0.717, 1.165) is 22.6 Å². The first-order chi connectivity index (χ1) is 14.6. The minimum atomic E-state index is -0.191. The Hall–Kier alpha value is -2.59. The molecule has 1 heterocycles. The molecule has 0 aliphatic carbocycles. The van der Waals surface area contributed by atoms with Gasteiger partial charge in [-0.05, 0) is 58.0 Å².